The molecule has 1 saturated carbocycles. The second-order valence-electron chi connectivity index (χ2n) is 6.76. The van der Waals surface area contributed by atoms with E-state index in [2.05, 4.69) is 31.3 Å². The summed E-state index contributed by atoms with van der Waals surface area (Å²) in [4.78, 5) is 0. The average molecular weight is 296 g/mol. The van der Waals surface area contributed by atoms with Gasteiger partial charge >= 0.3 is 0 Å². The highest BCUT2D eigenvalue weighted by atomic mass is 35.5. The first-order valence-electron chi connectivity index (χ1n) is 7.60. The zero-order valence-corrected chi connectivity index (χ0v) is 13.3. The summed E-state index contributed by atoms with van der Waals surface area (Å²) in [5.41, 5.74) is 1.56. The predicted molar refractivity (Wildman–Crippen MR) is 85.3 cm³/mol. The number of aliphatic hydroxyl groups is 1. The van der Waals surface area contributed by atoms with Crippen LogP contribution in [-0.2, 0) is 0 Å². The van der Waals surface area contributed by atoms with E-state index in [1.807, 2.05) is 12.1 Å². The monoisotopic (exact) mass is 295 g/mol. The molecular formula is C17H26ClNO. The van der Waals surface area contributed by atoms with Crippen LogP contribution in [0.5, 0.6) is 0 Å². The smallest absolute Gasteiger partial charge is 0.0440 e. The molecule has 1 aromatic carbocycles. The first kappa shape index (κ1) is 15.8. The summed E-state index contributed by atoms with van der Waals surface area (Å²) in [6, 6.07) is 8.80. The lowest BCUT2D eigenvalue weighted by atomic mass is 9.75. The van der Waals surface area contributed by atoms with Gasteiger partial charge in [-0.1, -0.05) is 43.6 Å². The Balaban J connectivity index is 1.73. The zero-order valence-electron chi connectivity index (χ0n) is 12.5. The normalized spacial score (nSPS) is 22.6. The van der Waals surface area contributed by atoms with Crippen LogP contribution in [0, 0.1) is 5.41 Å². The average Bonchev–Trinajstić information content (AvgIpc) is 2.36. The number of halogens is 1. The van der Waals surface area contributed by atoms with Gasteiger partial charge < -0.3 is 10.4 Å². The molecule has 1 aromatic rings. The third-order valence-corrected chi connectivity index (χ3v) is 4.71. The van der Waals surface area contributed by atoms with E-state index in [1.54, 1.807) is 0 Å². The van der Waals surface area contributed by atoms with Crippen molar-refractivity contribution in [2.24, 2.45) is 5.41 Å². The first-order valence-corrected chi connectivity index (χ1v) is 7.98. The van der Waals surface area contributed by atoms with Crippen LogP contribution in [0.1, 0.15) is 51.0 Å². The summed E-state index contributed by atoms with van der Waals surface area (Å²) in [7, 11) is 0. The van der Waals surface area contributed by atoms with Crippen LogP contribution in [0.3, 0.4) is 0 Å². The topological polar surface area (TPSA) is 32.3 Å². The number of aliphatic hydroxyl groups excluding tert-OH is 1. The van der Waals surface area contributed by atoms with Crippen molar-refractivity contribution in [1.82, 2.24) is 5.32 Å². The number of rotatable bonds is 7. The van der Waals surface area contributed by atoms with Crippen LogP contribution in [0.25, 0.3) is 0 Å². The number of benzene rings is 1. The fourth-order valence-electron chi connectivity index (χ4n) is 2.91. The van der Waals surface area contributed by atoms with Gasteiger partial charge in [0, 0.05) is 24.2 Å². The highest BCUT2D eigenvalue weighted by molar-refractivity contribution is 6.31. The maximum absolute atomic E-state index is 8.92. The third kappa shape index (κ3) is 4.21. The van der Waals surface area contributed by atoms with Gasteiger partial charge in [-0.2, -0.15) is 0 Å². The highest BCUT2D eigenvalue weighted by Crippen LogP contribution is 2.40. The van der Waals surface area contributed by atoms with Crippen LogP contribution >= 0.6 is 11.6 Å². The van der Waals surface area contributed by atoms with Gasteiger partial charge in [-0.3, -0.25) is 0 Å². The van der Waals surface area contributed by atoms with E-state index in [1.165, 1.54) is 18.4 Å². The quantitative estimate of drug-likeness (QED) is 0.797. The summed E-state index contributed by atoms with van der Waals surface area (Å²) in [5.74, 6) is 0.613. The SMILES string of the molecule is CC(C)(CCCO)CNC1CC(c2ccccc2Cl)C1. The van der Waals surface area contributed by atoms with Crippen molar-refractivity contribution >= 4 is 11.6 Å². The predicted octanol–water partition coefficient (Wildman–Crippen LogP) is 3.97. The molecule has 1 aliphatic carbocycles. The summed E-state index contributed by atoms with van der Waals surface area (Å²) in [6.07, 6.45) is 4.32. The fraction of sp³-hybridized carbons (Fsp3) is 0.647. The second-order valence-corrected chi connectivity index (χ2v) is 7.17. The molecule has 0 unspecified atom stereocenters. The minimum atomic E-state index is 0.262. The summed E-state index contributed by atoms with van der Waals surface area (Å²) in [6.45, 7) is 5.84. The number of hydrogen-bond acceptors (Lipinski definition) is 2. The van der Waals surface area contributed by atoms with E-state index < -0.39 is 0 Å². The Kier molecular flexibility index (Phi) is 5.48. The molecule has 0 heterocycles. The van der Waals surface area contributed by atoms with Crippen LogP contribution in [0.2, 0.25) is 5.02 Å². The molecule has 0 spiro atoms. The van der Waals surface area contributed by atoms with E-state index in [0.717, 1.165) is 24.4 Å². The van der Waals surface area contributed by atoms with Crippen molar-refractivity contribution in [2.45, 2.75) is 51.5 Å². The molecule has 1 aliphatic rings. The third-order valence-electron chi connectivity index (χ3n) is 4.36. The van der Waals surface area contributed by atoms with Crippen molar-refractivity contribution in [1.29, 1.82) is 0 Å². The molecule has 2 N–H and O–H groups in total. The summed E-state index contributed by atoms with van der Waals surface area (Å²) in [5, 5.41) is 13.5. The molecule has 0 bridgehead atoms. The van der Waals surface area contributed by atoms with Crippen molar-refractivity contribution in [2.75, 3.05) is 13.2 Å². The number of hydrogen-bond donors (Lipinski definition) is 2. The minimum absolute atomic E-state index is 0.262. The maximum atomic E-state index is 8.92. The molecule has 1 fully saturated rings. The van der Waals surface area contributed by atoms with Gasteiger partial charge in [0.25, 0.3) is 0 Å². The fourth-order valence-corrected chi connectivity index (χ4v) is 3.20. The minimum Gasteiger partial charge on any atom is -0.396 e. The van der Waals surface area contributed by atoms with Gasteiger partial charge in [-0.15, -0.1) is 0 Å². The van der Waals surface area contributed by atoms with Crippen LogP contribution < -0.4 is 5.32 Å². The van der Waals surface area contributed by atoms with Crippen LogP contribution in [-0.4, -0.2) is 24.3 Å². The molecule has 3 heteroatoms. The molecule has 2 rings (SSSR count). The Morgan fingerprint density at radius 2 is 2.00 bits per heavy atom. The molecule has 2 nitrogen and oxygen atoms in total. The van der Waals surface area contributed by atoms with Gasteiger partial charge in [0.15, 0.2) is 0 Å². The Morgan fingerprint density at radius 1 is 1.30 bits per heavy atom. The molecule has 112 valence electrons. The van der Waals surface area contributed by atoms with E-state index in [4.69, 9.17) is 16.7 Å². The summed E-state index contributed by atoms with van der Waals surface area (Å²) < 4.78 is 0. The molecule has 0 atom stereocenters. The van der Waals surface area contributed by atoms with E-state index in [-0.39, 0.29) is 5.41 Å². The Bertz CT molecular complexity index is 427. The van der Waals surface area contributed by atoms with Crippen molar-refractivity contribution in [3.63, 3.8) is 0 Å². The van der Waals surface area contributed by atoms with Crippen LogP contribution in [0.15, 0.2) is 24.3 Å². The molecule has 0 saturated heterocycles. The van der Waals surface area contributed by atoms with Crippen molar-refractivity contribution in [3.8, 4) is 0 Å². The standard InChI is InChI=1S/C17H26ClNO/c1-17(2,8-5-9-20)12-19-14-10-13(11-14)15-6-3-4-7-16(15)18/h3-4,6-7,13-14,19-20H,5,8-12H2,1-2H3. The van der Waals surface area contributed by atoms with Crippen molar-refractivity contribution < 1.29 is 5.11 Å². The lowest BCUT2D eigenvalue weighted by Crippen LogP contribution is -2.44. The molecule has 20 heavy (non-hydrogen) atoms. The maximum Gasteiger partial charge on any atom is 0.0440 e. The summed E-state index contributed by atoms with van der Waals surface area (Å²) >= 11 is 6.24. The molecule has 0 aromatic heterocycles. The highest BCUT2D eigenvalue weighted by Gasteiger charge is 2.32. The molecular weight excluding hydrogens is 270 g/mol. The van der Waals surface area contributed by atoms with Crippen molar-refractivity contribution in [3.05, 3.63) is 34.9 Å². The second kappa shape index (κ2) is 6.93. The molecule has 0 radical (unpaired) electrons. The van der Waals surface area contributed by atoms with Crippen LogP contribution in [0.4, 0.5) is 0 Å². The molecule has 0 aliphatic heterocycles. The van der Waals surface area contributed by atoms with Gasteiger partial charge in [0.2, 0.25) is 0 Å². The van der Waals surface area contributed by atoms with E-state index >= 15 is 0 Å². The van der Waals surface area contributed by atoms with Gasteiger partial charge in [-0.25, -0.2) is 0 Å². The lowest BCUT2D eigenvalue weighted by Gasteiger charge is -2.39. The van der Waals surface area contributed by atoms with Gasteiger partial charge in [-0.05, 0) is 48.6 Å². The largest absolute Gasteiger partial charge is 0.396 e. The Labute approximate surface area is 127 Å². The van der Waals surface area contributed by atoms with E-state index in [9.17, 15) is 0 Å². The number of nitrogens with one attached hydrogen (secondary N) is 1. The molecule has 0 amide bonds. The van der Waals surface area contributed by atoms with Gasteiger partial charge in [0.05, 0.1) is 0 Å². The van der Waals surface area contributed by atoms with Gasteiger partial charge in [0.1, 0.15) is 0 Å². The Morgan fingerprint density at radius 3 is 2.65 bits per heavy atom. The lowest BCUT2D eigenvalue weighted by molar-refractivity contribution is 0.210. The zero-order chi connectivity index (χ0) is 14.6. The first-order chi connectivity index (χ1) is 9.52. The van der Waals surface area contributed by atoms with E-state index in [0.29, 0.717) is 18.6 Å². The Hall–Kier alpha value is -0.570.